The van der Waals surface area contributed by atoms with Crippen LogP contribution in [0, 0.1) is 28.4 Å². The average Bonchev–Trinajstić information content (AvgIpc) is 3.69. The van der Waals surface area contributed by atoms with Gasteiger partial charge in [0.2, 0.25) is 17.7 Å². The highest BCUT2D eigenvalue weighted by Gasteiger charge is 2.52. The van der Waals surface area contributed by atoms with Crippen LogP contribution in [0.1, 0.15) is 64.2 Å². The van der Waals surface area contributed by atoms with Crippen molar-refractivity contribution in [2.45, 2.75) is 89.5 Å². The van der Waals surface area contributed by atoms with E-state index in [2.05, 4.69) is 10.3 Å². The Bertz CT molecular complexity index is 2510. The van der Waals surface area contributed by atoms with Gasteiger partial charge in [0, 0.05) is 31.0 Å². The Morgan fingerprint density at radius 1 is 1.04 bits per heavy atom. The molecule has 3 atom stereocenters. The number of rotatable bonds is 14. The molecular weight excluding hydrogens is 937 g/mol. The van der Waals surface area contributed by atoms with Crippen LogP contribution in [0.5, 0.6) is 5.75 Å². The van der Waals surface area contributed by atoms with Crippen LogP contribution in [0.3, 0.4) is 0 Å². The molecule has 0 aliphatic carbocycles. The summed E-state index contributed by atoms with van der Waals surface area (Å²) in [6, 6.07) is 2.64. The fraction of sp³-hybridized carbons (Fsp3) is 0.452. The second-order valence-electron chi connectivity index (χ2n) is 17.1. The quantitative estimate of drug-likeness (QED) is 0.0940. The zero-order chi connectivity index (χ0) is 50.4. The molecule has 0 bridgehead atoms. The number of nitrogens with zero attached hydrogens (tertiary/aromatic N) is 5. The van der Waals surface area contributed by atoms with Gasteiger partial charge in [-0.15, -0.1) is 0 Å². The van der Waals surface area contributed by atoms with Gasteiger partial charge in [-0.2, -0.15) is 31.6 Å². The predicted octanol–water partition coefficient (Wildman–Crippen LogP) is 6.25. The Morgan fingerprint density at radius 2 is 1.70 bits per heavy atom. The number of benzene rings is 2. The van der Waals surface area contributed by atoms with Crippen molar-refractivity contribution in [3.05, 3.63) is 70.9 Å². The highest BCUT2D eigenvalue weighted by Crippen LogP contribution is 2.44. The first-order valence-electron chi connectivity index (χ1n) is 19.8. The van der Waals surface area contributed by atoms with Gasteiger partial charge < -0.3 is 35.4 Å². The van der Waals surface area contributed by atoms with Crippen molar-refractivity contribution in [3.8, 4) is 23.1 Å². The van der Waals surface area contributed by atoms with E-state index in [1.165, 1.54) is 19.9 Å². The molecule has 2 aliphatic heterocycles. The summed E-state index contributed by atoms with van der Waals surface area (Å²) in [4.78, 5) is 57.5. The van der Waals surface area contributed by atoms with Crippen LogP contribution in [0.25, 0.3) is 11.3 Å². The van der Waals surface area contributed by atoms with E-state index >= 15 is 8.78 Å². The van der Waals surface area contributed by atoms with Crippen LogP contribution in [-0.4, -0.2) is 99.7 Å². The first kappa shape index (κ1) is 51.8. The molecule has 2 aromatic carbocycles. The van der Waals surface area contributed by atoms with E-state index in [9.17, 15) is 59.4 Å². The average molecular weight is 978 g/mol. The van der Waals surface area contributed by atoms with E-state index in [4.69, 9.17) is 32.7 Å². The summed E-state index contributed by atoms with van der Waals surface area (Å²) >= 11 is 5.31. The number of aliphatic hydroxyl groups is 1. The van der Waals surface area contributed by atoms with Crippen molar-refractivity contribution < 1.29 is 77.7 Å². The molecular formula is C42H41F10N7O7S. The van der Waals surface area contributed by atoms with Crippen molar-refractivity contribution in [2.24, 2.45) is 11.1 Å². The van der Waals surface area contributed by atoms with Crippen molar-refractivity contribution in [3.63, 3.8) is 0 Å². The largest absolute Gasteiger partial charge is 0.487 e. The lowest BCUT2D eigenvalue weighted by atomic mass is 9.85. The molecule has 362 valence electrons. The summed E-state index contributed by atoms with van der Waals surface area (Å²) in [6.45, 7) is 3.94. The number of β-amino-alcohol motifs (C(OH)–C–C–N with tert-alkyl or cyclic N) is 1. The number of nitrogens with two attached hydrogens (primary N) is 1. The molecule has 0 spiro atoms. The maximum atomic E-state index is 15.8. The van der Waals surface area contributed by atoms with Gasteiger partial charge in [-0.05, 0) is 61.8 Å². The summed E-state index contributed by atoms with van der Waals surface area (Å²) in [6.07, 6.45) is -12.0. The smallest absolute Gasteiger partial charge is 0.420 e. The molecule has 4 amide bonds. The Kier molecular flexibility index (Phi) is 14.6. The van der Waals surface area contributed by atoms with Crippen molar-refractivity contribution in [1.82, 2.24) is 15.2 Å². The van der Waals surface area contributed by atoms with Gasteiger partial charge in [0.05, 0.1) is 47.5 Å². The standard InChI is InChI=1S/C42H41F10N7O7S/c1-38(2,3)33(35(63)57-17-22(60)13-28(57)34(54)62)56-29(61)18-65-11-10-40(45,46)19-66-23-7-8-24(25(14-23)41(47,48)49)32-26(43)12-21(16-55-32)59-37(67)58(36(64)39(59,4)5)27-9-6-20(15-53)30(31(27)44)42(50,51)52/h6-9,12,14,16,22,28,33,60H,10-11,13,17-19H2,1-5H3,(H2,54,62)(H,56,61)/t22-,28+,33-/m1/s1. The summed E-state index contributed by atoms with van der Waals surface area (Å²) in [5.41, 5.74) is -5.26. The zero-order valence-electron chi connectivity index (χ0n) is 35.9. The topological polar surface area (TPSA) is 191 Å². The molecule has 1 aromatic heterocycles. The monoisotopic (exact) mass is 977 g/mol. The molecule has 0 saturated carbocycles. The molecule has 4 N–H and O–H groups in total. The summed E-state index contributed by atoms with van der Waals surface area (Å²) in [7, 11) is 0. The van der Waals surface area contributed by atoms with Crippen LogP contribution in [-0.2, 0) is 36.3 Å². The molecule has 14 nitrogen and oxygen atoms in total. The number of halogens is 10. The number of carbonyl (C=O) groups is 4. The first-order valence-corrected chi connectivity index (χ1v) is 20.2. The van der Waals surface area contributed by atoms with E-state index in [1.807, 2.05) is 0 Å². The number of likely N-dealkylation sites (tertiary alicyclic amines) is 1. The Labute approximate surface area is 380 Å². The molecule has 3 heterocycles. The summed E-state index contributed by atoms with van der Waals surface area (Å²) in [5, 5.41) is 20.9. The van der Waals surface area contributed by atoms with Crippen molar-refractivity contribution >= 4 is 52.3 Å². The van der Waals surface area contributed by atoms with Crippen LogP contribution in [0.4, 0.5) is 55.3 Å². The number of nitriles is 1. The van der Waals surface area contributed by atoms with Gasteiger partial charge in [-0.1, -0.05) is 20.8 Å². The number of carbonyl (C=O) groups excluding carboxylic acids is 4. The Hall–Kier alpha value is -6.13. The SMILES string of the molecule is CC(C)(C)[C@H](NC(=O)COCCC(F)(F)COc1ccc(-c2ncc(N3C(=S)N(c4ccc(C#N)c(C(F)(F)F)c4F)C(=O)C3(C)C)cc2F)c(C(F)(F)F)c1)C(=O)N1C[C@H](O)C[C@H]1C(N)=O. The normalized spacial score (nSPS) is 18.3. The molecule has 2 fully saturated rings. The highest BCUT2D eigenvalue weighted by atomic mass is 32.1. The first-order chi connectivity index (χ1) is 30.8. The number of amides is 4. The third kappa shape index (κ3) is 11.0. The molecule has 3 aromatic rings. The van der Waals surface area contributed by atoms with E-state index in [0.717, 1.165) is 22.1 Å². The maximum absolute atomic E-state index is 15.8. The number of primary amides is 1. The highest BCUT2D eigenvalue weighted by molar-refractivity contribution is 7.81. The molecule has 2 saturated heterocycles. The second kappa shape index (κ2) is 18.9. The molecule has 0 unspecified atom stereocenters. The van der Waals surface area contributed by atoms with Crippen molar-refractivity contribution in [2.75, 3.05) is 36.2 Å². The fourth-order valence-electron chi connectivity index (χ4n) is 7.34. The third-order valence-electron chi connectivity index (χ3n) is 10.7. The molecule has 5 rings (SSSR count). The lowest BCUT2D eigenvalue weighted by molar-refractivity contribution is -0.144. The number of anilines is 2. The van der Waals surface area contributed by atoms with Crippen LogP contribution < -0.4 is 25.6 Å². The lowest BCUT2D eigenvalue weighted by Crippen LogP contribution is -2.57. The number of aromatic nitrogens is 1. The van der Waals surface area contributed by atoms with Crippen LogP contribution >= 0.6 is 12.2 Å². The number of hydrogen-bond acceptors (Lipinski definition) is 10. The van der Waals surface area contributed by atoms with E-state index in [0.29, 0.717) is 35.2 Å². The number of hydrogen-bond donors (Lipinski definition) is 3. The summed E-state index contributed by atoms with van der Waals surface area (Å²) in [5.74, 6) is -11.5. The maximum Gasteiger partial charge on any atom is 0.420 e. The fourth-order valence-corrected chi connectivity index (χ4v) is 7.86. The van der Waals surface area contributed by atoms with Gasteiger partial charge in [0.1, 0.15) is 41.2 Å². The Morgan fingerprint density at radius 3 is 2.27 bits per heavy atom. The van der Waals surface area contributed by atoms with Gasteiger partial charge in [-0.25, -0.2) is 17.6 Å². The second-order valence-corrected chi connectivity index (χ2v) is 17.5. The number of pyridine rings is 1. The van der Waals surface area contributed by atoms with Crippen LogP contribution in [0.2, 0.25) is 0 Å². The van der Waals surface area contributed by atoms with Gasteiger partial charge in [-0.3, -0.25) is 29.1 Å². The number of nitrogens with one attached hydrogen (secondary N) is 1. The zero-order valence-corrected chi connectivity index (χ0v) is 36.7. The molecule has 67 heavy (non-hydrogen) atoms. The minimum atomic E-state index is -5.37. The number of thiocarbonyl (C=S) groups is 1. The Balaban J connectivity index is 1.26. The van der Waals surface area contributed by atoms with E-state index < -0.39 is 153 Å². The number of ether oxygens (including phenoxy) is 2. The summed E-state index contributed by atoms with van der Waals surface area (Å²) < 4.78 is 155. The van der Waals surface area contributed by atoms with Crippen molar-refractivity contribution in [1.29, 1.82) is 5.26 Å². The van der Waals surface area contributed by atoms with Gasteiger partial charge >= 0.3 is 12.4 Å². The molecule has 0 radical (unpaired) electrons. The van der Waals surface area contributed by atoms with Gasteiger partial charge in [0.15, 0.2) is 23.4 Å². The molecule has 25 heteroatoms. The van der Waals surface area contributed by atoms with E-state index in [-0.39, 0.29) is 18.7 Å². The number of alkyl halides is 8. The third-order valence-corrected chi connectivity index (χ3v) is 11.0. The number of aliphatic hydroxyl groups excluding tert-OH is 1. The molecule has 2 aliphatic rings. The minimum absolute atomic E-state index is 0.101. The van der Waals surface area contributed by atoms with Crippen LogP contribution in [0.15, 0.2) is 42.6 Å². The lowest BCUT2D eigenvalue weighted by Gasteiger charge is -2.35. The predicted molar refractivity (Wildman–Crippen MR) is 220 cm³/mol. The van der Waals surface area contributed by atoms with Gasteiger partial charge in [0.25, 0.3) is 11.8 Å². The minimum Gasteiger partial charge on any atom is -0.487 e. The van der Waals surface area contributed by atoms with E-state index in [1.54, 1.807) is 20.8 Å².